The van der Waals surface area contributed by atoms with Crippen molar-refractivity contribution in [2.24, 2.45) is 0 Å². The van der Waals surface area contributed by atoms with Gasteiger partial charge in [-0.3, -0.25) is 9.78 Å². The van der Waals surface area contributed by atoms with Gasteiger partial charge in [0.2, 0.25) is 0 Å². The van der Waals surface area contributed by atoms with E-state index in [1.807, 2.05) is 67.6 Å². The number of amides is 1. The van der Waals surface area contributed by atoms with E-state index in [0.717, 1.165) is 15.4 Å². The average molecular weight is 438 g/mol. The maximum atomic E-state index is 13.0. The monoisotopic (exact) mass is 437 g/mol. The average Bonchev–Trinajstić information content (AvgIpc) is 2.82. The second-order valence-electron chi connectivity index (χ2n) is 6.93. The number of anilines is 1. The highest BCUT2D eigenvalue weighted by molar-refractivity contribution is 7.99. The summed E-state index contributed by atoms with van der Waals surface area (Å²) in [6, 6.07) is 26.0. The number of hydrogen-bond acceptors (Lipinski definition) is 5. The number of aryl methyl sites for hydroxylation is 1. The number of carbonyl (C=O) groups is 1. The van der Waals surface area contributed by atoms with E-state index in [1.165, 1.54) is 11.8 Å². The number of benzene rings is 3. The van der Waals surface area contributed by atoms with Crippen molar-refractivity contribution in [3.8, 4) is 17.6 Å². The molecule has 156 valence electrons. The molecule has 5 nitrogen and oxygen atoms in total. The van der Waals surface area contributed by atoms with E-state index in [2.05, 4.69) is 16.4 Å². The Balaban J connectivity index is 1.52. The van der Waals surface area contributed by atoms with E-state index in [9.17, 15) is 10.1 Å². The minimum Gasteiger partial charge on any atom is -0.455 e. The molecule has 3 aromatic carbocycles. The molecule has 0 bridgehead atoms. The molecule has 0 aliphatic carbocycles. The summed E-state index contributed by atoms with van der Waals surface area (Å²) in [6.07, 6.45) is 3.33. The summed E-state index contributed by atoms with van der Waals surface area (Å²) in [6.45, 7) is 1.92. The van der Waals surface area contributed by atoms with Gasteiger partial charge in [0.05, 0.1) is 17.3 Å². The van der Waals surface area contributed by atoms with Gasteiger partial charge in [-0.15, -0.1) is 0 Å². The molecular weight excluding hydrogens is 418 g/mol. The summed E-state index contributed by atoms with van der Waals surface area (Å²) in [5, 5.41) is 12.3. The van der Waals surface area contributed by atoms with Crippen LogP contribution in [0.25, 0.3) is 0 Å². The van der Waals surface area contributed by atoms with Crippen molar-refractivity contribution in [1.29, 1.82) is 5.26 Å². The third-order valence-electron chi connectivity index (χ3n) is 4.65. The Morgan fingerprint density at radius 1 is 1.00 bits per heavy atom. The molecule has 4 aromatic rings. The lowest BCUT2D eigenvalue weighted by Gasteiger charge is -2.13. The molecule has 6 heteroatoms. The Morgan fingerprint density at radius 3 is 2.53 bits per heavy atom. The summed E-state index contributed by atoms with van der Waals surface area (Å²) in [5.41, 5.74) is 2.67. The fraction of sp³-hybridized carbons (Fsp3) is 0.0385. The molecule has 0 aliphatic heterocycles. The number of pyridine rings is 1. The molecule has 1 aromatic heterocycles. The molecule has 0 spiro atoms. The largest absolute Gasteiger partial charge is 0.455 e. The fourth-order valence-corrected chi connectivity index (χ4v) is 4.11. The van der Waals surface area contributed by atoms with Gasteiger partial charge in [0.1, 0.15) is 17.6 Å². The van der Waals surface area contributed by atoms with Crippen molar-refractivity contribution >= 4 is 23.4 Å². The van der Waals surface area contributed by atoms with Gasteiger partial charge < -0.3 is 10.1 Å². The molecule has 4 rings (SSSR count). The Morgan fingerprint density at radius 2 is 1.78 bits per heavy atom. The highest BCUT2D eigenvalue weighted by atomic mass is 32.2. The van der Waals surface area contributed by atoms with Gasteiger partial charge in [0.15, 0.2) is 0 Å². The van der Waals surface area contributed by atoms with Crippen LogP contribution in [0.3, 0.4) is 0 Å². The van der Waals surface area contributed by atoms with Crippen molar-refractivity contribution in [1.82, 2.24) is 4.98 Å². The van der Waals surface area contributed by atoms with Gasteiger partial charge in [0.25, 0.3) is 5.91 Å². The van der Waals surface area contributed by atoms with Crippen molar-refractivity contribution in [2.45, 2.75) is 16.7 Å². The summed E-state index contributed by atoms with van der Waals surface area (Å²) >= 11 is 1.40. The van der Waals surface area contributed by atoms with Crippen LogP contribution in [-0.2, 0) is 0 Å². The molecular formula is C26H19N3O2S. The number of nitriles is 1. The van der Waals surface area contributed by atoms with Gasteiger partial charge in [-0.2, -0.15) is 5.26 Å². The molecule has 0 aliphatic rings. The van der Waals surface area contributed by atoms with Crippen LogP contribution in [0.5, 0.6) is 11.5 Å². The lowest BCUT2D eigenvalue weighted by atomic mass is 10.1. The third-order valence-corrected chi connectivity index (χ3v) is 5.81. The summed E-state index contributed by atoms with van der Waals surface area (Å²) < 4.78 is 5.86. The van der Waals surface area contributed by atoms with E-state index in [-0.39, 0.29) is 5.91 Å². The first-order chi connectivity index (χ1) is 15.6. The van der Waals surface area contributed by atoms with Crippen molar-refractivity contribution in [3.05, 3.63) is 108 Å². The third kappa shape index (κ3) is 4.97. The van der Waals surface area contributed by atoms with Crippen LogP contribution in [0.1, 0.15) is 21.5 Å². The zero-order chi connectivity index (χ0) is 22.3. The SMILES string of the molecule is Cc1cc(NC(=O)c2ccccc2Sc2ccccc2C#N)ccc1Oc1cccnc1. The van der Waals surface area contributed by atoms with E-state index < -0.39 is 0 Å². The molecule has 1 heterocycles. The Bertz CT molecular complexity index is 1300. The predicted octanol–water partition coefficient (Wildman–Crippen LogP) is 6.46. The van der Waals surface area contributed by atoms with Crippen LogP contribution in [0.15, 0.2) is 101 Å². The molecule has 1 amide bonds. The Hall–Kier alpha value is -4.08. The molecule has 1 N–H and O–H groups in total. The first-order valence-electron chi connectivity index (χ1n) is 9.90. The quantitative estimate of drug-likeness (QED) is 0.375. The van der Waals surface area contributed by atoms with E-state index in [4.69, 9.17) is 4.74 Å². The summed E-state index contributed by atoms with van der Waals surface area (Å²) in [4.78, 5) is 18.7. The topological polar surface area (TPSA) is 75.0 Å². The molecule has 0 saturated carbocycles. The zero-order valence-electron chi connectivity index (χ0n) is 17.3. The summed E-state index contributed by atoms with van der Waals surface area (Å²) in [5.74, 6) is 1.12. The van der Waals surface area contributed by atoms with Crippen molar-refractivity contribution in [2.75, 3.05) is 5.32 Å². The van der Waals surface area contributed by atoms with Crippen LogP contribution < -0.4 is 10.1 Å². The van der Waals surface area contributed by atoms with Crippen molar-refractivity contribution in [3.63, 3.8) is 0 Å². The standard InChI is InChI=1S/C26H19N3O2S/c1-18-15-20(12-13-23(18)31-21-8-6-14-28-17-21)29-26(30)22-9-3-5-11-25(22)32-24-10-4-2-7-19(24)16-27/h2-15,17H,1H3,(H,29,30). The molecule has 0 fully saturated rings. The highest BCUT2D eigenvalue weighted by Gasteiger charge is 2.14. The number of ether oxygens (including phenoxy) is 1. The fourth-order valence-electron chi connectivity index (χ4n) is 3.08. The number of carbonyl (C=O) groups excluding carboxylic acids is 1. The van der Waals surface area contributed by atoms with Crippen LogP contribution >= 0.6 is 11.8 Å². The van der Waals surface area contributed by atoms with Gasteiger partial charge in [-0.1, -0.05) is 36.0 Å². The molecule has 0 atom stereocenters. The first kappa shape index (κ1) is 21.2. The Kier molecular flexibility index (Phi) is 6.49. The van der Waals surface area contributed by atoms with Crippen LogP contribution in [0.2, 0.25) is 0 Å². The second-order valence-corrected chi connectivity index (χ2v) is 8.02. The molecule has 0 unspecified atom stereocenters. The highest BCUT2D eigenvalue weighted by Crippen LogP contribution is 2.33. The normalized spacial score (nSPS) is 10.2. The maximum Gasteiger partial charge on any atom is 0.256 e. The Labute approximate surface area is 190 Å². The minimum atomic E-state index is -0.220. The minimum absolute atomic E-state index is 0.220. The molecule has 0 radical (unpaired) electrons. The smallest absolute Gasteiger partial charge is 0.256 e. The van der Waals surface area contributed by atoms with Crippen LogP contribution in [-0.4, -0.2) is 10.9 Å². The number of nitrogens with one attached hydrogen (secondary N) is 1. The molecule has 32 heavy (non-hydrogen) atoms. The second kappa shape index (κ2) is 9.82. The maximum absolute atomic E-state index is 13.0. The van der Waals surface area contributed by atoms with E-state index in [0.29, 0.717) is 28.3 Å². The number of rotatable bonds is 6. The number of hydrogen-bond donors (Lipinski definition) is 1. The lowest BCUT2D eigenvalue weighted by Crippen LogP contribution is -2.13. The van der Waals surface area contributed by atoms with Crippen LogP contribution in [0, 0.1) is 18.3 Å². The lowest BCUT2D eigenvalue weighted by molar-refractivity contribution is 0.102. The van der Waals surface area contributed by atoms with Gasteiger partial charge >= 0.3 is 0 Å². The van der Waals surface area contributed by atoms with Gasteiger partial charge in [-0.25, -0.2) is 0 Å². The first-order valence-corrected chi connectivity index (χ1v) is 10.7. The predicted molar refractivity (Wildman–Crippen MR) is 125 cm³/mol. The van der Waals surface area contributed by atoms with Crippen molar-refractivity contribution < 1.29 is 9.53 Å². The summed E-state index contributed by atoms with van der Waals surface area (Å²) in [7, 11) is 0. The van der Waals surface area contributed by atoms with Crippen LogP contribution in [0.4, 0.5) is 5.69 Å². The van der Waals surface area contributed by atoms with E-state index in [1.54, 1.807) is 30.6 Å². The zero-order valence-corrected chi connectivity index (χ0v) is 18.1. The molecule has 0 saturated heterocycles. The van der Waals surface area contributed by atoms with E-state index >= 15 is 0 Å². The number of nitrogens with zero attached hydrogens (tertiary/aromatic N) is 2. The van der Waals surface area contributed by atoms with Gasteiger partial charge in [0, 0.05) is 21.7 Å². The number of aromatic nitrogens is 1. The van der Waals surface area contributed by atoms with Gasteiger partial charge in [-0.05, 0) is 67.1 Å².